The number of carboxylic acids is 1. The lowest BCUT2D eigenvalue weighted by atomic mass is 10.1. The number of carbonyl (C=O) groups is 1. The lowest BCUT2D eigenvalue weighted by molar-refractivity contribution is 0.0688. The van der Waals surface area contributed by atoms with Gasteiger partial charge in [-0.1, -0.05) is 23.7 Å². The molecule has 1 atom stereocenters. The van der Waals surface area contributed by atoms with Crippen molar-refractivity contribution < 1.29 is 9.90 Å². The van der Waals surface area contributed by atoms with Crippen LogP contribution < -0.4 is 0 Å². The molecule has 0 bridgehead atoms. The Balaban J connectivity index is 1.67. The van der Waals surface area contributed by atoms with Gasteiger partial charge < -0.3 is 5.11 Å². The summed E-state index contributed by atoms with van der Waals surface area (Å²) in [6, 6.07) is 9.91. The molecule has 1 N–H and O–H groups in total. The first-order valence-electron chi connectivity index (χ1n) is 7.31. The molecular weight excluding hydrogens is 302 g/mol. The van der Waals surface area contributed by atoms with Crippen LogP contribution in [-0.2, 0) is 19.5 Å². The number of carboxylic acid groups (broad SMARTS) is 1. The molecule has 2 aromatic rings. The van der Waals surface area contributed by atoms with E-state index in [0.29, 0.717) is 6.04 Å². The number of fused-ring (bicyclic) bond motifs is 1. The number of benzene rings is 1. The zero-order chi connectivity index (χ0) is 15.7. The smallest absolute Gasteiger partial charge is 0.356 e. The fraction of sp³-hybridized carbons (Fsp3) is 0.375. The van der Waals surface area contributed by atoms with Gasteiger partial charge >= 0.3 is 5.97 Å². The lowest BCUT2D eigenvalue weighted by Crippen LogP contribution is -2.42. The first-order chi connectivity index (χ1) is 10.5. The van der Waals surface area contributed by atoms with Gasteiger partial charge in [-0.15, -0.1) is 0 Å². The molecule has 0 radical (unpaired) electrons. The molecule has 0 saturated heterocycles. The van der Waals surface area contributed by atoms with Gasteiger partial charge in [0.15, 0.2) is 5.69 Å². The van der Waals surface area contributed by atoms with Crippen LogP contribution in [0.1, 0.15) is 28.7 Å². The standard InChI is InChI=1S/C16H18ClN3O2/c1-11-9-20-14(8-15(18-20)16(21)22)10-19(11)7-6-12-2-4-13(17)5-3-12/h2-5,8,11H,6-7,9-10H2,1H3,(H,21,22). The fourth-order valence-corrected chi connectivity index (χ4v) is 2.92. The molecule has 0 spiro atoms. The van der Waals surface area contributed by atoms with E-state index < -0.39 is 5.97 Å². The molecule has 6 heteroatoms. The number of rotatable bonds is 4. The molecule has 2 heterocycles. The first-order valence-corrected chi connectivity index (χ1v) is 7.69. The van der Waals surface area contributed by atoms with Crippen molar-refractivity contribution in [3.05, 3.63) is 52.3 Å². The quantitative estimate of drug-likeness (QED) is 0.941. The SMILES string of the molecule is CC1Cn2nc(C(=O)O)cc2CN1CCc1ccc(Cl)cc1. The van der Waals surface area contributed by atoms with E-state index in [1.54, 1.807) is 6.07 Å². The van der Waals surface area contributed by atoms with Crippen LogP contribution in [0.3, 0.4) is 0 Å². The maximum absolute atomic E-state index is 11.0. The summed E-state index contributed by atoms with van der Waals surface area (Å²) in [6.07, 6.45) is 0.946. The third-order valence-electron chi connectivity index (χ3n) is 4.11. The van der Waals surface area contributed by atoms with Crippen LogP contribution in [0.25, 0.3) is 0 Å². The molecule has 1 aromatic carbocycles. The summed E-state index contributed by atoms with van der Waals surface area (Å²) in [5.41, 5.74) is 2.34. The van der Waals surface area contributed by atoms with E-state index >= 15 is 0 Å². The Morgan fingerprint density at radius 1 is 1.41 bits per heavy atom. The van der Waals surface area contributed by atoms with E-state index in [-0.39, 0.29) is 5.69 Å². The Morgan fingerprint density at radius 2 is 2.14 bits per heavy atom. The summed E-state index contributed by atoms with van der Waals surface area (Å²) in [4.78, 5) is 13.4. The molecule has 1 aliphatic rings. The Morgan fingerprint density at radius 3 is 2.82 bits per heavy atom. The van der Waals surface area contributed by atoms with Crippen molar-refractivity contribution in [1.29, 1.82) is 0 Å². The van der Waals surface area contributed by atoms with Gasteiger partial charge in [0.05, 0.1) is 12.2 Å². The Kier molecular flexibility index (Phi) is 4.18. The van der Waals surface area contributed by atoms with Crippen LogP contribution in [0.5, 0.6) is 0 Å². The normalized spacial score (nSPS) is 18.2. The predicted octanol–water partition coefficient (Wildman–Crippen LogP) is 2.68. The number of halogens is 1. The Labute approximate surface area is 134 Å². The van der Waals surface area contributed by atoms with Gasteiger partial charge in [0.25, 0.3) is 0 Å². The summed E-state index contributed by atoms with van der Waals surface area (Å²) in [7, 11) is 0. The minimum Gasteiger partial charge on any atom is -0.476 e. The highest BCUT2D eigenvalue weighted by Crippen LogP contribution is 2.19. The summed E-state index contributed by atoms with van der Waals surface area (Å²) in [6.45, 7) is 4.53. The molecule has 22 heavy (non-hydrogen) atoms. The van der Waals surface area contributed by atoms with Crippen molar-refractivity contribution in [2.45, 2.75) is 32.5 Å². The second-order valence-corrected chi connectivity index (χ2v) is 6.14. The van der Waals surface area contributed by atoms with Gasteiger partial charge in [0.2, 0.25) is 0 Å². The van der Waals surface area contributed by atoms with E-state index in [1.165, 1.54) is 5.56 Å². The van der Waals surface area contributed by atoms with Crippen molar-refractivity contribution in [3.63, 3.8) is 0 Å². The lowest BCUT2D eigenvalue weighted by Gasteiger charge is -2.33. The van der Waals surface area contributed by atoms with Crippen molar-refractivity contribution in [1.82, 2.24) is 14.7 Å². The Hall–Kier alpha value is -1.85. The predicted molar refractivity (Wildman–Crippen MR) is 84.2 cm³/mol. The highest BCUT2D eigenvalue weighted by molar-refractivity contribution is 6.30. The van der Waals surface area contributed by atoms with Crippen LogP contribution in [0.2, 0.25) is 5.02 Å². The molecule has 1 unspecified atom stereocenters. The van der Waals surface area contributed by atoms with Crippen LogP contribution in [-0.4, -0.2) is 38.3 Å². The largest absolute Gasteiger partial charge is 0.476 e. The maximum atomic E-state index is 11.0. The zero-order valence-electron chi connectivity index (χ0n) is 12.4. The first kappa shape index (κ1) is 15.1. The van der Waals surface area contributed by atoms with Gasteiger partial charge in [-0.2, -0.15) is 5.10 Å². The molecule has 116 valence electrons. The molecular formula is C16H18ClN3O2. The molecule has 0 saturated carbocycles. The van der Waals surface area contributed by atoms with Crippen molar-refractivity contribution >= 4 is 17.6 Å². The number of aromatic carboxylic acids is 1. The molecule has 5 nitrogen and oxygen atoms in total. The van der Waals surface area contributed by atoms with Gasteiger partial charge in [-0.25, -0.2) is 4.79 Å². The second kappa shape index (κ2) is 6.10. The van der Waals surface area contributed by atoms with Gasteiger partial charge in [-0.3, -0.25) is 9.58 Å². The minimum atomic E-state index is -0.970. The zero-order valence-corrected chi connectivity index (χ0v) is 13.1. The second-order valence-electron chi connectivity index (χ2n) is 5.70. The van der Waals surface area contributed by atoms with Gasteiger partial charge in [-0.05, 0) is 37.1 Å². The highest BCUT2D eigenvalue weighted by atomic mass is 35.5. The van der Waals surface area contributed by atoms with Crippen LogP contribution in [0.15, 0.2) is 30.3 Å². The third-order valence-corrected chi connectivity index (χ3v) is 4.36. The minimum absolute atomic E-state index is 0.127. The molecule has 1 aromatic heterocycles. The maximum Gasteiger partial charge on any atom is 0.356 e. The van der Waals surface area contributed by atoms with E-state index in [0.717, 1.165) is 36.8 Å². The monoisotopic (exact) mass is 319 g/mol. The number of aromatic nitrogens is 2. The number of hydrogen-bond acceptors (Lipinski definition) is 3. The summed E-state index contributed by atoms with van der Waals surface area (Å²) >= 11 is 5.90. The average molecular weight is 320 g/mol. The van der Waals surface area contributed by atoms with Crippen molar-refractivity contribution in [3.8, 4) is 0 Å². The van der Waals surface area contributed by atoms with Crippen molar-refractivity contribution in [2.24, 2.45) is 0 Å². The number of nitrogens with zero attached hydrogens (tertiary/aromatic N) is 3. The molecule has 0 aliphatic carbocycles. The highest BCUT2D eigenvalue weighted by Gasteiger charge is 2.25. The average Bonchev–Trinajstić information content (AvgIpc) is 2.89. The topological polar surface area (TPSA) is 58.4 Å². The number of hydrogen-bond donors (Lipinski definition) is 1. The van der Waals surface area contributed by atoms with Gasteiger partial charge in [0, 0.05) is 24.2 Å². The summed E-state index contributed by atoms with van der Waals surface area (Å²) < 4.78 is 1.81. The summed E-state index contributed by atoms with van der Waals surface area (Å²) in [5, 5.41) is 13.9. The van der Waals surface area contributed by atoms with Crippen molar-refractivity contribution in [2.75, 3.05) is 6.54 Å². The fourth-order valence-electron chi connectivity index (χ4n) is 2.80. The van der Waals surface area contributed by atoms with E-state index in [4.69, 9.17) is 16.7 Å². The summed E-state index contributed by atoms with van der Waals surface area (Å²) in [5.74, 6) is -0.970. The van der Waals surface area contributed by atoms with Crippen LogP contribution in [0.4, 0.5) is 0 Å². The van der Waals surface area contributed by atoms with Crippen LogP contribution >= 0.6 is 11.6 Å². The molecule has 3 rings (SSSR count). The molecule has 0 fully saturated rings. The van der Waals surface area contributed by atoms with Crippen LogP contribution in [0, 0.1) is 0 Å². The van der Waals surface area contributed by atoms with E-state index in [1.807, 2.05) is 28.9 Å². The Bertz CT molecular complexity index is 681. The molecule has 1 aliphatic heterocycles. The third kappa shape index (κ3) is 3.15. The van der Waals surface area contributed by atoms with E-state index in [2.05, 4.69) is 16.9 Å². The molecule has 0 amide bonds. The van der Waals surface area contributed by atoms with Gasteiger partial charge in [0.1, 0.15) is 0 Å². The van der Waals surface area contributed by atoms with E-state index in [9.17, 15) is 4.79 Å².